The zero-order chi connectivity index (χ0) is 17.4. The molecule has 0 unspecified atom stereocenters. The topological polar surface area (TPSA) is 55.2 Å². The minimum Gasteiger partial charge on any atom is -0.272 e. The number of sulfonamides is 1. The lowest BCUT2D eigenvalue weighted by atomic mass is 10.0. The third-order valence-corrected chi connectivity index (χ3v) is 5.96. The summed E-state index contributed by atoms with van der Waals surface area (Å²) < 4.78 is 28.6. The van der Waals surface area contributed by atoms with E-state index in [9.17, 15) is 8.42 Å². The van der Waals surface area contributed by atoms with Crippen LogP contribution in [0.1, 0.15) is 36.7 Å². The molecule has 0 saturated carbocycles. The van der Waals surface area contributed by atoms with Crippen molar-refractivity contribution in [3.8, 4) is 0 Å². The van der Waals surface area contributed by atoms with Crippen LogP contribution < -0.4 is 0 Å². The minimum absolute atomic E-state index is 0.195. The van der Waals surface area contributed by atoms with E-state index in [0.717, 1.165) is 17.0 Å². The maximum absolute atomic E-state index is 12.7. The molecule has 0 aliphatic rings. The van der Waals surface area contributed by atoms with Crippen molar-refractivity contribution in [1.29, 1.82) is 0 Å². The normalized spacial score (nSPS) is 12.3. The molecule has 0 fully saturated rings. The maximum atomic E-state index is 12.7. The molecule has 23 heavy (non-hydrogen) atoms. The second kappa shape index (κ2) is 6.63. The fourth-order valence-electron chi connectivity index (χ4n) is 2.45. The van der Waals surface area contributed by atoms with Crippen LogP contribution >= 0.6 is 11.6 Å². The second-order valence-electron chi connectivity index (χ2n) is 5.95. The van der Waals surface area contributed by atoms with Crippen LogP contribution in [0.3, 0.4) is 0 Å². The molecule has 1 aromatic heterocycles. The minimum atomic E-state index is -3.60. The van der Waals surface area contributed by atoms with Gasteiger partial charge in [0.2, 0.25) is 10.0 Å². The van der Waals surface area contributed by atoms with Gasteiger partial charge in [-0.2, -0.15) is 9.40 Å². The molecule has 0 saturated heterocycles. The molecule has 0 aliphatic heterocycles. The first kappa shape index (κ1) is 18.0. The van der Waals surface area contributed by atoms with Gasteiger partial charge in [0.25, 0.3) is 0 Å². The first-order chi connectivity index (χ1) is 10.6. The fraction of sp³-hybridized carbons (Fsp3) is 0.438. The van der Waals surface area contributed by atoms with E-state index < -0.39 is 10.0 Å². The average Bonchev–Trinajstić information content (AvgIpc) is 2.75. The molecule has 0 spiro atoms. The Morgan fingerprint density at radius 2 is 2.00 bits per heavy atom. The van der Waals surface area contributed by atoms with Crippen LogP contribution in [-0.2, 0) is 23.6 Å². The third-order valence-electron chi connectivity index (χ3n) is 3.92. The molecular weight excluding hydrogens is 334 g/mol. The summed E-state index contributed by atoms with van der Waals surface area (Å²) in [6.07, 6.45) is 0. The van der Waals surface area contributed by atoms with Crippen LogP contribution in [0.25, 0.3) is 0 Å². The van der Waals surface area contributed by atoms with E-state index >= 15 is 0 Å². The summed E-state index contributed by atoms with van der Waals surface area (Å²) in [5.74, 6) is 0.229. The molecule has 0 bridgehead atoms. The lowest BCUT2D eigenvalue weighted by molar-refractivity contribution is 0.463. The highest BCUT2D eigenvalue weighted by atomic mass is 35.5. The van der Waals surface area contributed by atoms with Crippen LogP contribution in [0.15, 0.2) is 29.2 Å². The van der Waals surface area contributed by atoms with Crippen molar-refractivity contribution in [2.75, 3.05) is 7.05 Å². The lowest BCUT2D eigenvalue weighted by Crippen LogP contribution is -2.27. The molecule has 0 amide bonds. The Labute approximate surface area is 142 Å². The highest BCUT2D eigenvalue weighted by molar-refractivity contribution is 7.89. The molecule has 2 rings (SSSR count). The molecule has 0 atom stereocenters. The number of rotatable bonds is 5. The Balaban J connectivity index is 2.37. The molecule has 7 heteroatoms. The SMILES string of the molecule is Cc1c(CN(C)S(=O)(=O)c2cccc(Cl)c2)c(C(C)C)nn1C. The molecule has 5 nitrogen and oxygen atoms in total. The smallest absolute Gasteiger partial charge is 0.243 e. The first-order valence-electron chi connectivity index (χ1n) is 7.39. The van der Waals surface area contributed by atoms with Gasteiger partial charge < -0.3 is 0 Å². The van der Waals surface area contributed by atoms with E-state index in [4.69, 9.17) is 11.6 Å². The molecule has 126 valence electrons. The molecule has 2 aromatic rings. The summed E-state index contributed by atoms with van der Waals surface area (Å²) in [6.45, 7) is 6.34. The highest BCUT2D eigenvalue weighted by Gasteiger charge is 2.25. The van der Waals surface area contributed by atoms with Crippen LogP contribution in [0, 0.1) is 6.92 Å². The van der Waals surface area contributed by atoms with E-state index in [2.05, 4.69) is 18.9 Å². The van der Waals surface area contributed by atoms with Crippen molar-refractivity contribution in [1.82, 2.24) is 14.1 Å². The average molecular weight is 356 g/mol. The predicted octanol–water partition coefficient (Wildman–Crippen LogP) is 3.33. The summed E-state index contributed by atoms with van der Waals surface area (Å²) in [7, 11) is -0.150. The van der Waals surface area contributed by atoms with Crippen LogP contribution in [0.2, 0.25) is 5.02 Å². The van der Waals surface area contributed by atoms with Gasteiger partial charge >= 0.3 is 0 Å². The summed E-state index contributed by atoms with van der Waals surface area (Å²) in [5.41, 5.74) is 2.86. The van der Waals surface area contributed by atoms with Gasteiger partial charge in [-0.15, -0.1) is 0 Å². The summed E-state index contributed by atoms with van der Waals surface area (Å²) >= 11 is 5.91. The fourth-order valence-corrected chi connectivity index (χ4v) is 3.89. The Kier molecular flexibility index (Phi) is 5.18. The number of hydrogen-bond donors (Lipinski definition) is 0. The van der Waals surface area contributed by atoms with Crippen LogP contribution in [0.4, 0.5) is 0 Å². The van der Waals surface area contributed by atoms with Crippen molar-refractivity contribution in [3.05, 3.63) is 46.2 Å². The maximum Gasteiger partial charge on any atom is 0.243 e. The quantitative estimate of drug-likeness (QED) is 0.826. The second-order valence-corrected chi connectivity index (χ2v) is 8.43. The van der Waals surface area contributed by atoms with Gasteiger partial charge in [-0.1, -0.05) is 31.5 Å². The van der Waals surface area contributed by atoms with Crippen LogP contribution in [-0.4, -0.2) is 29.6 Å². The number of benzene rings is 1. The number of halogens is 1. The van der Waals surface area contributed by atoms with E-state index in [-0.39, 0.29) is 17.4 Å². The largest absolute Gasteiger partial charge is 0.272 e. The summed E-state index contributed by atoms with van der Waals surface area (Å²) in [4.78, 5) is 0.195. The van der Waals surface area contributed by atoms with Crippen LogP contribution in [0.5, 0.6) is 0 Å². The molecule has 1 aromatic carbocycles. The molecule has 0 radical (unpaired) electrons. The van der Waals surface area contributed by atoms with Gasteiger partial charge in [0.05, 0.1) is 10.6 Å². The molecule has 0 aliphatic carbocycles. The first-order valence-corrected chi connectivity index (χ1v) is 9.20. The standard InChI is InChI=1S/C16H22ClN3O2S/c1-11(2)16-15(12(3)20(5)18-16)10-19(4)23(21,22)14-8-6-7-13(17)9-14/h6-9,11H,10H2,1-5H3. The number of hydrogen-bond acceptors (Lipinski definition) is 3. The van der Waals surface area contributed by atoms with Crippen molar-refractivity contribution >= 4 is 21.6 Å². The Morgan fingerprint density at radius 1 is 1.35 bits per heavy atom. The van der Waals surface area contributed by atoms with Gasteiger partial charge in [0, 0.05) is 36.9 Å². The molecular formula is C16H22ClN3O2S. The predicted molar refractivity (Wildman–Crippen MR) is 92.1 cm³/mol. The summed E-state index contributed by atoms with van der Waals surface area (Å²) in [5, 5.41) is 4.91. The van der Waals surface area contributed by atoms with Gasteiger partial charge in [-0.3, -0.25) is 4.68 Å². The van der Waals surface area contributed by atoms with Crippen molar-refractivity contribution in [3.63, 3.8) is 0 Å². The molecule has 0 N–H and O–H groups in total. The number of aryl methyl sites for hydroxylation is 1. The van der Waals surface area contributed by atoms with Gasteiger partial charge in [0.15, 0.2) is 0 Å². The molecule has 1 heterocycles. The van der Waals surface area contributed by atoms with Gasteiger partial charge in [0.1, 0.15) is 0 Å². The van der Waals surface area contributed by atoms with Crippen molar-refractivity contribution in [2.45, 2.75) is 38.1 Å². The van der Waals surface area contributed by atoms with E-state index in [1.165, 1.54) is 10.4 Å². The Morgan fingerprint density at radius 3 is 2.57 bits per heavy atom. The lowest BCUT2D eigenvalue weighted by Gasteiger charge is -2.18. The van der Waals surface area contributed by atoms with E-state index in [0.29, 0.717) is 5.02 Å². The third kappa shape index (κ3) is 3.59. The highest BCUT2D eigenvalue weighted by Crippen LogP contribution is 2.25. The summed E-state index contributed by atoms with van der Waals surface area (Å²) in [6, 6.07) is 6.31. The zero-order valence-electron chi connectivity index (χ0n) is 14.0. The Bertz CT molecular complexity index is 813. The number of aromatic nitrogens is 2. The van der Waals surface area contributed by atoms with Gasteiger partial charge in [-0.05, 0) is 31.0 Å². The van der Waals surface area contributed by atoms with Gasteiger partial charge in [-0.25, -0.2) is 8.42 Å². The van der Waals surface area contributed by atoms with Crippen molar-refractivity contribution in [2.24, 2.45) is 7.05 Å². The zero-order valence-corrected chi connectivity index (χ0v) is 15.6. The van der Waals surface area contributed by atoms with E-state index in [1.54, 1.807) is 29.9 Å². The van der Waals surface area contributed by atoms with Crippen molar-refractivity contribution < 1.29 is 8.42 Å². The van der Waals surface area contributed by atoms with E-state index in [1.807, 2.05) is 14.0 Å². The Hall–Kier alpha value is -1.37. The monoisotopic (exact) mass is 355 g/mol. The number of nitrogens with zero attached hydrogens (tertiary/aromatic N) is 3.